The molecule has 0 amide bonds. The Hall–Kier alpha value is -4.84. The molecular weight excluding hydrogens is 540 g/mol. The fraction of sp³-hybridized carbons (Fsp3) is 0.263. The first-order valence-electron chi connectivity index (χ1n) is 15.8. The van der Waals surface area contributed by atoms with Gasteiger partial charge in [-0.15, -0.1) is 0 Å². The number of nitrogens with two attached hydrogens (primary N) is 1. The molecule has 1 saturated carbocycles. The van der Waals surface area contributed by atoms with Crippen molar-refractivity contribution < 1.29 is 0 Å². The molecule has 0 bridgehead atoms. The molecule has 0 radical (unpaired) electrons. The number of H-pyrrole nitrogens is 2. The largest absolute Gasteiger partial charge is 0.399 e. The fourth-order valence-electron chi connectivity index (χ4n) is 8.89. The zero-order valence-corrected chi connectivity index (χ0v) is 25.1. The van der Waals surface area contributed by atoms with E-state index in [2.05, 4.69) is 113 Å². The van der Waals surface area contributed by atoms with E-state index in [4.69, 9.17) is 10.7 Å². The summed E-state index contributed by atoms with van der Waals surface area (Å²) in [5.74, 6) is 0. The molecule has 0 saturated heterocycles. The third-order valence-corrected chi connectivity index (χ3v) is 10.9. The maximum Gasteiger partial charge on any atom is 0.137 e. The number of rotatable bonds is 3. The van der Waals surface area contributed by atoms with E-state index in [0.29, 0.717) is 6.04 Å². The van der Waals surface area contributed by atoms with Gasteiger partial charge in [0.15, 0.2) is 0 Å². The molecule has 6 nitrogen and oxygen atoms in total. The van der Waals surface area contributed by atoms with Gasteiger partial charge in [0, 0.05) is 74.3 Å². The predicted octanol–water partition coefficient (Wildman–Crippen LogP) is 8.48. The Kier molecular flexibility index (Phi) is 5.29. The van der Waals surface area contributed by atoms with Gasteiger partial charge in [-0.05, 0) is 79.3 Å². The molecule has 6 aromatic rings. The van der Waals surface area contributed by atoms with E-state index < -0.39 is 0 Å². The Labute approximate surface area is 257 Å². The second kappa shape index (κ2) is 9.08. The van der Waals surface area contributed by atoms with E-state index in [1.54, 1.807) is 0 Å². The van der Waals surface area contributed by atoms with Crippen LogP contribution in [0.2, 0.25) is 0 Å². The van der Waals surface area contributed by atoms with Crippen LogP contribution in [-0.2, 0) is 10.8 Å². The summed E-state index contributed by atoms with van der Waals surface area (Å²) >= 11 is 0. The first-order chi connectivity index (χ1) is 21.5. The van der Waals surface area contributed by atoms with Crippen LogP contribution < -0.4 is 10.6 Å². The number of aromatic amines is 2. The van der Waals surface area contributed by atoms with E-state index in [-0.39, 0.29) is 16.9 Å². The lowest BCUT2D eigenvalue weighted by atomic mass is 9.64. The highest BCUT2D eigenvalue weighted by atomic mass is 15.2. The van der Waals surface area contributed by atoms with E-state index >= 15 is 0 Å². The minimum atomic E-state index is -0.114. The number of nitrogens with one attached hydrogen (secondary N) is 2. The molecule has 3 aliphatic rings. The van der Waals surface area contributed by atoms with Crippen LogP contribution in [0.15, 0.2) is 102 Å². The summed E-state index contributed by atoms with van der Waals surface area (Å²) in [4.78, 5) is 19.7. The third kappa shape index (κ3) is 3.42. The summed E-state index contributed by atoms with van der Waals surface area (Å²) in [5.41, 5.74) is 18.0. The molecule has 1 unspecified atom stereocenters. The van der Waals surface area contributed by atoms with Gasteiger partial charge >= 0.3 is 0 Å². The summed E-state index contributed by atoms with van der Waals surface area (Å²) < 4.78 is 0. The molecule has 4 N–H and O–H groups in total. The number of aromatic nitrogens is 3. The van der Waals surface area contributed by atoms with Gasteiger partial charge in [-0.25, -0.2) is 4.98 Å². The molecule has 3 aromatic carbocycles. The van der Waals surface area contributed by atoms with Crippen LogP contribution in [0.5, 0.6) is 0 Å². The highest BCUT2D eigenvalue weighted by Gasteiger charge is 2.52. The standard InChI is InChI=1S/C38H36N6/c1-37(2)30-10-4-6-12-33(30)44(35(37)28-22-41-31-14-13-23(39)20-26(28)31)24-15-17-38(18-16-24)29-9-3-5-11-32(29)43-34(38)27-21-42-36-25(27)8-7-19-40-36/h3-14,19-22,24,35,41H,15-18,39H2,1-2H3,(H,40,42). The summed E-state index contributed by atoms with van der Waals surface area (Å²) in [6.07, 6.45) is 10.5. The number of pyridine rings is 1. The van der Waals surface area contributed by atoms with E-state index in [1.807, 2.05) is 18.3 Å². The molecule has 1 atom stereocenters. The van der Waals surface area contributed by atoms with Gasteiger partial charge in [0.05, 0.1) is 17.4 Å². The Morgan fingerprint density at radius 2 is 1.64 bits per heavy atom. The lowest BCUT2D eigenvalue weighted by Crippen LogP contribution is -2.47. The number of hydrogen-bond acceptors (Lipinski definition) is 4. The van der Waals surface area contributed by atoms with E-state index in [9.17, 15) is 0 Å². The number of aliphatic imine (C=N–C) groups is 1. The quantitative estimate of drug-likeness (QED) is 0.185. The van der Waals surface area contributed by atoms with Crippen molar-refractivity contribution in [3.8, 4) is 0 Å². The maximum atomic E-state index is 6.33. The molecule has 1 fully saturated rings. The highest BCUT2D eigenvalue weighted by Crippen LogP contribution is 2.58. The maximum absolute atomic E-state index is 6.33. The van der Waals surface area contributed by atoms with Crippen LogP contribution in [0.1, 0.15) is 67.8 Å². The van der Waals surface area contributed by atoms with Crippen LogP contribution >= 0.6 is 0 Å². The molecule has 44 heavy (non-hydrogen) atoms. The monoisotopic (exact) mass is 576 g/mol. The molecule has 1 aliphatic carbocycles. The summed E-state index contributed by atoms with van der Waals surface area (Å²) in [6, 6.07) is 28.9. The lowest BCUT2D eigenvalue weighted by Gasteiger charge is -2.46. The van der Waals surface area contributed by atoms with Crippen LogP contribution in [0.4, 0.5) is 17.1 Å². The normalized spacial score (nSPS) is 23.8. The van der Waals surface area contributed by atoms with E-state index in [1.165, 1.54) is 39.0 Å². The zero-order valence-electron chi connectivity index (χ0n) is 25.1. The molecule has 2 aliphatic heterocycles. The Bertz CT molecular complexity index is 2100. The molecule has 3 aromatic heterocycles. The van der Waals surface area contributed by atoms with Crippen LogP contribution in [0, 0.1) is 0 Å². The van der Waals surface area contributed by atoms with Crippen molar-refractivity contribution in [3.63, 3.8) is 0 Å². The average Bonchev–Trinajstić information content (AvgIpc) is 3.79. The Balaban J connectivity index is 1.14. The minimum absolute atomic E-state index is 0.0743. The average molecular weight is 577 g/mol. The van der Waals surface area contributed by atoms with Gasteiger partial charge in [0.25, 0.3) is 0 Å². The van der Waals surface area contributed by atoms with Gasteiger partial charge in [-0.2, -0.15) is 0 Å². The summed E-state index contributed by atoms with van der Waals surface area (Å²) in [5, 5.41) is 2.37. The SMILES string of the molecule is CC1(C)c2ccccc2N(C2CCC3(CC2)C(c2c[nH]c4ncccc24)=Nc2ccccc23)C1c1c[nH]c2ccc(N)cc12. The molecular formula is C38H36N6. The first kappa shape index (κ1) is 25.6. The lowest BCUT2D eigenvalue weighted by molar-refractivity contribution is 0.305. The van der Waals surface area contributed by atoms with Crippen molar-refractivity contribution in [2.45, 2.75) is 62.4 Å². The Morgan fingerprint density at radius 3 is 2.50 bits per heavy atom. The third-order valence-electron chi connectivity index (χ3n) is 10.9. The number of anilines is 2. The Morgan fingerprint density at radius 1 is 0.841 bits per heavy atom. The highest BCUT2D eigenvalue weighted by molar-refractivity contribution is 6.18. The van der Waals surface area contributed by atoms with Gasteiger partial charge < -0.3 is 20.6 Å². The van der Waals surface area contributed by atoms with Crippen molar-refractivity contribution in [2.75, 3.05) is 10.6 Å². The molecule has 6 heteroatoms. The predicted molar refractivity (Wildman–Crippen MR) is 180 cm³/mol. The summed E-state index contributed by atoms with van der Waals surface area (Å²) in [7, 11) is 0. The fourth-order valence-corrected chi connectivity index (χ4v) is 8.89. The van der Waals surface area contributed by atoms with Crippen molar-refractivity contribution in [1.29, 1.82) is 0 Å². The van der Waals surface area contributed by atoms with Gasteiger partial charge in [-0.3, -0.25) is 4.99 Å². The van der Waals surface area contributed by atoms with Crippen molar-refractivity contribution in [3.05, 3.63) is 120 Å². The minimum Gasteiger partial charge on any atom is -0.399 e. The van der Waals surface area contributed by atoms with Gasteiger partial charge in [0.1, 0.15) is 5.65 Å². The summed E-state index contributed by atoms with van der Waals surface area (Å²) in [6.45, 7) is 4.82. The molecule has 5 heterocycles. The van der Waals surface area contributed by atoms with Crippen molar-refractivity contribution in [2.24, 2.45) is 4.99 Å². The van der Waals surface area contributed by atoms with Crippen LogP contribution in [0.25, 0.3) is 21.9 Å². The second-order valence-corrected chi connectivity index (χ2v) is 13.5. The van der Waals surface area contributed by atoms with Crippen molar-refractivity contribution >= 4 is 44.7 Å². The van der Waals surface area contributed by atoms with Crippen LogP contribution in [-0.4, -0.2) is 26.7 Å². The number of nitrogens with zero attached hydrogens (tertiary/aromatic N) is 3. The zero-order chi connectivity index (χ0) is 29.6. The topological polar surface area (TPSA) is 86.1 Å². The molecule has 9 rings (SSSR count). The van der Waals surface area contributed by atoms with Gasteiger partial charge in [-0.1, -0.05) is 50.2 Å². The number of benzene rings is 3. The van der Waals surface area contributed by atoms with Gasteiger partial charge in [0.2, 0.25) is 0 Å². The number of hydrogen-bond donors (Lipinski definition) is 3. The number of nitrogen functional groups attached to an aromatic ring is 1. The molecule has 218 valence electrons. The van der Waals surface area contributed by atoms with Crippen LogP contribution in [0.3, 0.4) is 0 Å². The second-order valence-electron chi connectivity index (χ2n) is 13.5. The number of para-hydroxylation sites is 2. The number of fused-ring (bicyclic) bond motifs is 5. The molecule has 1 spiro atoms. The smallest absolute Gasteiger partial charge is 0.137 e. The first-order valence-corrected chi connectivity index (χ1v) is 15.8. The van der Waals surface area contributed by atoms with Crippen molar-refractivity contribution in [1.82, 2.24) is 15.0 Å². The van der Waals surface area contributed by atoms with E-state index in [0.717, 1.165) is 53.6 Å².